The lowest BCUT2D eigenvalue weighted by Crippen LogP contribution is -2.27. The summed E-state index contributed by atoms with van der Waals surface area (Å²) < 4.78 is 0. The van der Waals surface area contributed by atoms with Gasteiger partial charge in [0.25, 0.3) is 0 Å². The van der Waals surface area contributed by atoms with Crippen LogP contribution in [0.5, 0.6) is 0 Å². The zero-order valence-corrected chi connectivity index (χ0v) is 17.1. The number of guanidine groups is 2. The molecule has 0 saturated heterocycles. The first-order valence-corrected chi connectivity index (χ1v) is 9.45. The van der Waals surface area contributed by atoms with Gasteiger partial charge in [-0.3, -0.25) is 10.8 Å². The van der Waals surface area contributed by atoms with Gasteiger partial charge in [0, 0.05) is 11.4 Å². The molecular weight excluding hydrogens is 396 g/mol. The summed E-state index contributed by atoms with van der Waals surface area (Å²) in [4.78, 5) is 12.2. The van der Waals surface area contributed by atoms with Gasteiger partial charge in [0.15, 0.2) is 0 Å². The monoisotopic (exact) mass is 422 g/mol. The maximum atomic E-state index is 12.2. The van der Waals surface area contributed by atoms with Gasteiger partial charge in [0.1, 0.15) is 0 Å². The van der Waals surface area contributed by atoms with Crippen molar-refractivity contribution >= 4 is 41.3 Å². The highest BCUT2D eigenvalue weighted by atomic mass is 16.2. The summed E-state index contributed by atoms with van der Waals surface area (Å²) in [6.45, 7) is 2.03. The molecule has 31 heavy (non-hydrogen) atoms. The summed E-state index contributed by atoms with van der Waals surface area (Å²) in [7, 11) is 0. The van der Waals surface area contributed by atoms with Crippen molar-refractivity contribution < 1.29 is 4.79 Å². The molecule has 0 radical (unpaired) electrons. The van der Waals surface area contributed by atoms with Crippen LogP contribution in [-0.4, -0.2) is 29.9 Å². The minimum Gasteiger partial charge on any atom is -0.369 e. The second-order valence-corrected chi connectivity index (χ2v) is 6.40. The fourth-order valence-corrected chi connectivity index (χ4v) is 2.50. The van der Waals surface area contributed by atoms with E-state index in [0.717, 1.165) is 29.7 Å². The number of amides is 2. The third-order valence-electron chi connectivity index (χ3n) is 3.84. The molecule has 162 valence electrons. The average molecular weight is 422 g/mol. The summed E-state index contributed by atoms with van der Waals surface area (Å²) in [5, 5.41) is 27.7. The fraction of sp³-hybridized carbons (Fsp3) is 0.150. The molecule has 0 fully saturated rings. The van der Waals surface area contributed by atoms with Crippen molar-refractivity contribution in [2.75, 3.05) is 10.6 Å². The molecule has 0 heterocycles. The molecule has 2 rings (SSSR count). The highest BCUT2D eigenvalue weighted by Gasteiger charge is 2.06. The Morgan fingerprint density at radius 3 is 2.00 bits per heavy atom. The number of hydrogen-bond donors (Lipinski definition) is 8. The van der Waals surface area contributed by atoms with E-state index < -0.39 is 0 Å². The van der Waals surface area contributed by atoms with Crippen LogP contribution in [0.1, 0.15) is 30.9 Å². The Hall–Kier alpha value is -4.41. The Morgan fingerprint density at radius 1 is 0.935 bits per heavy atom. The normalized spacial score (nSPS) is 11.1. The van der Waals surface area contributed by atoms with Gasteiger partial charge in [-0.05, 0) is 41.8 Å². The van der Waals surface area contributed by atoms with E-state index in [1.807, 2.05) is 19.1 Å². The van der Waals surface area contributed by atoms with E-state index in [-0.39, 0.29) is 18.0 Å². The number of nitrogens with one attached hydrogen (secondary N) is 6. The maximum absolute atomic E-state index is 12.2. The molecule has 0 unspecified atom stereocenters. The first-order chi connectivity index (χ1) is 14.9. The summed E-state index contributed by atoms with van der Waals surface area (Å²) in [6, 6.07) is 13.8. The zero-order chi connectivity index (χ0) is 22.6. The van der Waals surface area contributed by atoms with E-state index >= 15 is 0 Å². The molecule has 2 aromatic rings. The molecule has 0 aliphatic heterocycles. The van der Waals surface area contributed by atoms with Crippen LogP contribution < -0.4 is 33.0 Å². The van der Waals surface area contributed by atoms with Crippen molar-refractivity contribution in [2.45, 2.75) is 19.8 Å². The zero-order valence-electron chi connectivity index (χ0n) is 17.1. The molecular formula is C20H26N10O. The number of anilines is 2. The van der Waals surface area contributed by atoms with Crippen LogP contribution in [0.4, 0.5) is 16.2 Å². The van der Waals surface area contributed by atoms with Gasteiger partial charge >= 0.3 is 6.03 Å². The maximum Gasteiger partial charge on any atom is 0.323 e. The lowest BCUT2D eigenvalue weighted by atomic mass is 10.1. The Kier molecular flexibility index (Phi) is 8.53. The molecule has 2 amide bonds. The van der Waals surface area contributed by atoms with Crippen LogP contribution in [-0.2, 0) is 0 Å². The fourth-order valence-electron chi connectivity index (χ4n) is 2.50. The highest BCUT2D eigenvalue weighted by molar-refractivity contribution is 6.03. The van der Waals surface area contributed by atoms with Gasteiger partial charge in [0.05, 0.1) is 11.9 Å². The van der Waals surface area contributed by atoms with Crippen LogP contribution in [0.2, 0.25) is 0 Å². The van der Waals surface area contributed by atoms with Crippen LogP contribution in [0, 0.1) is 10.8 Å². The first kappa shape index (κ1) is 22.9. The number of nitrogens with zero attached hydrogens (tertiary/aromatic N) is 2. The number of urea groups is 1. The average Bonchev–Trinajstić information content (AvgIpc) is 2.72. The third kappa shape index (κ3) is 8.23. The minimum atomic E-state index is -0.381. The second-order valence-electron chi connectivity index (χ2n) is 6.40. The number of hydrogen-bond acceptors (Lipinski definition) is 5. The molecule has 10 N–H and O–H groups in total. The molecule has 0 aromatic heterocycles. The molecule has 0 aliphatic carbocycles. The molecule has 0 saturated carbocycles. The second kappa shape index (κ2) is 11.6. The van der Waals surface area contributed by atoms with Crippen molar-refractivity contribution in [2.24, 2.45) is 21.7 Å². The predicted octanol–water partition coefficient (Wildman–Crippen LogP) is 2.13. The molecule has 11 heteroatoms. The predicted molar refractivity (Wildman–Crippen MR) is 125 cm³/mol. The molecule has 11 nitrogen and oxygen atoms in total. The van der Waals surface area contributed by atoms with E-state index in [1.54, 1.807) is 36.4 Å². The smallest absolute Gasteiger partial charge is 0.323 e. The van der Waals surface area contributed by atoms with E-state index in [2.05, 4.69) is 31.7 Å². The molecule has 2 aromatic carbocycles. The highest BCUT2D eigenvalue weighted by Crippen LogP contribution is 2.14. The molecule has 0 spiro atoms. The number of nitrogens with two attached hydrogens (primary N) is 2. The Labute approximate surface area is 180 Å². The third-order valence-corrected chi connectivity index (χ3v) is 3.84. The van der Waals surface area contributed by atoms with E-state index in [4.69, 9.17) is 22.3 Å². The summed E-state index contributed by atoms with van der Waals surface area (Å²) in [5.41, 5.74) is 18.9. The van der Waals surface area contributed by atoms with Gasteiger partial charge < -0.3 is 22.1 Å². The summed E-state index contributed by atoms with van der Waals surface area (Å²) >= 11 is 0. The van der Waals surface area contributed by atoms with Crippen LogP contribution >= 0.6 is 0 Å². The van der Waals surface area contributed by atoms with Crippen molar-refractivity contribution in [1.29, 1.82) is 10.8 Å². The van der Waals surface area contributed by atoms with E-state index in [0.29, 0.717) is 11.4 Å². The molecule has 0 aliphatic rings. The van der Waals surface area contributed by atoms with Crippen LogP contribution in [0.15, 0.2) is 58.7 Å². The quantitative estimate of drug-likeness (QED) is 0.183. The molecule has 0 bridgehead atoms. The SMILES string of the molecule is CCCC(=NNC(=N)N)c1ccc(NC(=O)Nc2ccc(/C=N/NC(=N)N)cc2)cc1. The Balaban J connectivity index is 1.94. The van der Waals surface area contributed by atoms with Crippen molar-refractivity contribution in [3.63, 3.8) is 0 Å². The number of benzene rings is 2. The van der Waals surface area contributed by atoms with Gasteiger partial charge in [-0.1, -0.05) is 37.6 Å². The van der Waals surface area contributed by atoms with Crippen molar-refractivity contribution in [3.8, 4) is 0 Å². The lowest BCUT2D eigenvalue weighted by Gasteiger charge is -2.10. The standard InChI is InChI=1S/C20H26N10O/c1-2-3-17(28-30-19(23)24)14-6-10-16(11-7-14)27-20(31)26-15-8-4-13(5-9-15)12-25-29-18(21)22/h4-12H,2-3H2,1H3,(H4,21,22,29)(H4,23,24,30)(H2,26,27,31)/b25-12+,28-17?. The summed E-state index contributed by atoms with van der Waals surface area (Å²) in [5.74, 6) is -0.475. The number of hydrazone groups is 2. The lowest BCUT2D eigenvalue weighted by molar-refractivity contribution is 0.262. The van der Waals surface area contributed by atoms with Crippen LogP contribution in [0.3, 0.4) is 0 Å². The minimum absolute atomic E-state index is 0.225. The van der Waals surface area contributed by atoms with Gasteiger partial charge in [-0.25, -0.2) is 15.6 Å². The summed E-state index contributed by atoms with van der Waals surface area (Å²) in [6.07, 6.45) is 3.12. The number of rotatable bonds is 8. The van der Waals surface area contributed by atoms with Crippen LogP contribution in [0.25, 0.3) is 0 Å². The van der Waals surface area contributed by atoms with E-state index in [1.165, 1.54) is 6.21 Å². The molecule has 0 atom stereocenters. The van der Waals surface area contributed by atoms with Crippen molar-refractivity contribution in [1.82, 2.24) is 10.9 Å². The van der Waals surface area contributed by atoms with Gasteiger partial charge in [-0.2, -0.15) is 10.2 Å². The topological polar surface area (TPSA) is 190 Å². The van der Waals surface area contributed by atoms with Gasteiger partial charge in [0.2, 0.25) is 11.9 Å². The van der Waals surface area contributed by atoms with Gasteiger partial charge in [-0.15, -0.1) is 0 Å². The van der Waals surface area contributed by atoms with Crippen molar-refractivity contribution in [3.05, 3.63) is 59.7 Å². The largest absolute Gasteiger partial charge is 0.369 e. The first-order valence-electron chi connectivity index (χ1n) is 9.45. The Bertz CT molecular complexity index is 964. The number of carbonyl (C=O) groups excluding carboxylic acids is 1. The van der Waals surface area contributed by atoms with E-state index in [9.17, 15) is 4.79 Å². The Morgan fingerprint density at radius 2 is 1.48 bits per heavy atom. The number of carbonyl (C=O) groups is 1.